The zero-order valence-corrected chi connectivity index (χ0v) is 11.6. The summed E-state index contributed by atoms with van der Waals surface area (Å²) in [5, 5.41) is 11.2. The van der Waals surface area contributed by atoms with Crippen molar-refractivity contribution >= 4 is 0 Å². The summed E-state index contributed by atoms with van der Waals surface area (Å²) < 4.78 is 10.5. The van der Waals surface area contributed by atoms with E-state index in [1.807, 2.05) is 32.0 Å². The molecule has 1 aromatic rings. The largest absolute Gasteiger partial charge is 0.493 e. The standard InChI is InChI=1S/C14H23NO3/c1-5-8-15(16)11(2)9-12-6-7-13(17-3)14(10-12)18-4/h6-7,10-11,16H,5,8-9H2,1-4H3. The molecule has 0 aliphatic carbocycles. The van der Waals surface area contributed by atoms with Crippen LogP contribution in [-0.2, 0) is 6.42 Å². The second-order valence-corrected chi connectivity index (χ2v) is 4.41. The first-order valence-electron chi connectivity index (χ1n) is 6.28. The Hall–Kier alpha value is -1.26. The molecule has 102 valence electrons. The minimum atomic E-state index is 0.0862. The summed E-state index contributed by atoms with van der Waals surface area (Å²) in [6, 6.07) is 5.93. The molecule has 1 N–H and O–H groups in total. The van der Waals surface area contributed by atoms with Crippen LogP contribution in [0, 0.1) is 0 Å². The third kappa shape index (κ3) is 3.89. The number of rotatable bonds is 7. The van der Waals surface area contributed by atoms with Crippen molar-refractivity contribution in [2.45, 2.75) is 32.7 Å². The van der Waals surface area contributed by atoms with Gasteiger partial charge >= 0.3 is 0 Å². The predicted octanol–water partition coefficient (Wildman–Crippen LogP) is 2.74. The lowest BCUT2D eigenvalue weighted by atomic mass is 10.1. The molecule has 0 amide bonds. The maximum absolute atomic E-state index is 9.78. The summed E-state index contributed by atoms with van der Waals surface area (Å²) in [5.41, 5.74) is 1.12. The monoisotopic (exact) mass is 253 g/mol. The van der Waals surface area contributed by atoms with Gasteiger partial charge in [0.2, 0.25) is 0 Å². The van der Waals surface area contributed by atoms with Crippen LogP contribution in [-0.4, -0.2) is 37.1 Å². The van der Waals surface area contributed by atoms with E-state index in [0.717, 1.165) is 29.9 Å². The minimum absolute atomic E-state index is 0.0862. The molecule has 1 atom stereocenters. The van der Waals surface area contributed by atoms with Crippen LogP contribution in [0.25, 0.3) is 0 Å². The number of nitrogens with zero attached hydrogens (tertiary/aromatic N) is 1. The van der Waals surface area contributed by atoms with Crippen LogP contribution < -0.4 is 9.47 Å². The molecule has 0 heterocycles. The second kappa shape index (κ2) is 7.24. The van der Waals surface area contributed by atoms with E-state index >= 15 is 0 Å². The average molecular weight is 253 g/mol. The van der Waals surface area contributed by atoms with Gasteiger partial charge in [0.05, 0.1) is 14.2 Å². The van der Waals surface area contributed by atoms with Crippen molar-refractivity contribution in [3.63, 3.8) is 0 Å². The fraction of sp³-hybridized carbons (Fsp3) is 0.571. The number of ether oxygens (including phenoxy) is 2. The Morgan fingerprint density at radius 2 is 1.89 bits per heavy atom. The summed E-state index contributed by atoms with van der Waals surface area (Å²) in [4.78, 5) is 0. The van der Waals surface area contributed by atoms with E-state index in [1.54, 1.807) is 14.2 Å². The van der Waals surface area contributed by atoms with Gasteiger partial charge < -0.3 is 14.7 Å². The zero-order chi connectivity index (χ0) is 13.5. The number of hydroxylamine groups is 2. The maximum atomic E-state index is 9.78. The Balaban J connectivity index is 2.72. The van der Waals surface area contributed by atoms with Gasteiger partial charge in [0.25, 0.3) is 0 Å². The van der Waals surface area contributed by atoms with Crippen molar-refractivity contribution in [1.29, 1.82) is 0 Å². The molecular weight excluding hydrogens is 230 g/mol. The number of hydrogen-bond acceptors (Lipinski definition) is 4. The van der Waals surface area contributed by atoms with E-state index in [1.165, 1.54) is 5.06 Å². The molecule has 0 bridgehead atoms. The van der Waals surface area contributed by atoms with Crippen LogP contribution in [0.4, 0.5) is 0 Å². The second-order valence-electron chi connectivity index (χ2n) is 4.41. The molecule has 0 spiro atoms. The SMILES string of the molecule is CCCN(O)C(C)Cc1ccc(OC)c(OC)c1. The molecule has 0 saturated heterocycles. The number of hydrogen-bond donors (Lipinski definition) is 1. The van der Waals surface area contributed by atoms with Crippen molar-refractivity contribution in [3.05, 3.63) is 23.8 Å². The van der Waals surface area contributed by atoms with Crippen LogP contribution >= 0.6 is 0 Å². The van der Waals surface area contributed by atoms with Crippen LogP contribution in [0.15, 0.2) is 18.2 Å². The fourth-order valence-electron chi connectivity index (χ4n) is 1.90. The van der Waals surface area contributed by atoms with Gasteiger partial charge in [-0.25, -0.2) is 0 Å². The summed E-state index contributed by atoms with van der Waals surface area (Å²) in [5.74, 6) is 1.45. The molecule has 1 aromatic carbocycles. The van der Waals surface area contributed by atoms with Gasteiger partial charge in [-0.1, -0.05) is 13.0 Å². The lowest BCUT2D eigenvalue weighted by Crippen LogP contribution is -2.32. The molecule has 18 heavy (non-hydrogen) atoms. The molecule has 1 rings (SSSR count). The van der Waals surface area contributed by atoms with E-state index in [4.69, 9.17) is 9.47 Å². The highest BCUT2D eigenvalue weighted by Gasteiger charge is 2.12. The Kier molecular flexibility index (Phi) is 5.95. The van der Waals surface area contributed by atoms with Crippen LogP contribution in [0.1, 0.15) is 25.8 Å². The summed E-state index contributed by atoms with van der Waals surface area (Å²) >= 11 is 0. The van der Waals surface area contributed by atoms with Crippen molar-refractivity contribution in [2.75, 3.05) is 20.8 Å². The molecular formula is C14H23NO3. The number of benzene rings is 1. The van der Waals surface area contributed by atoms with Crippen molar-refractivity contribution < 1.29 is 14.7 Å². The Labute approximate surface area is 109 Å². The highest BCUT2D eigenvalue weighted by atomic mass is 16.5. The normalized spacial score (nSPS) is 12.6. The first-order chi connectivity index (χ1) is 8.62. The average Bonchev–Trinajstić information content (AvgIpc) is 2.38. The van der Waals surface area contributed by atoms with Crippen LogP contribution in [0.3, 0.4) is 0 Å². The lowest BCUT2D eigenvalue weighted by molar-refractivity contribution is -0.121. The molecule has 0 radical (unpaired) electrons. The van der Waals surface area contributed by atoms with Crippen molar-refractivity contribution in [1.82, 2.24) is 5.06 Å². The van der Waals surface area contributed by atoms with Gasteiger partial charge in [-0.15, -0.1) is 0 Å². The van der Waals surface area contributed by atoms with E-state index < -0.39 is 0 Å². The van der Waals surface area contributed by atoms with E-state index in [9.17, 15) is 5.21 Å². The van der Waals surface area contributed by atoms with Gasteiger partial charge in [-0.3, -0.25) is 0 Å². The van der Waals surface area contributed by atoms with Gasteiger partial charge in [-0.05, 0) is 37.5 Å². The van der Waals surface area contributed by atoms with E-state index in [0.29, 0.717) is 6.54 Å². The molecule has 4 nitrogen and oxygen atoms in total. The highest BCUT2D eigenvalue weighted by Crippen LogP contribution is 2.28. The molecule has 0 aliphatic rings. The molecule has 0 fully saturated rings. The zero-order valence-electron chi connectivity index (χ0n) is 11.6. The van der Waals surface area contributed by atoms with Gasteiger partial charge in [-0.2, -0.15) is 5.06 Å². The van der Waals surface area contributed by atoms with E-state index in [2.05, 4.69) is 0 Å². The molecule has 1 unspecified atom stereocenters. The van der Waals surface area contributed by atoms with Gasteiger partial charge in [0, 0.05) is 12.6 Å². The van der Waals surface area contributed by atoms with Gasteiger partial charge in [0.15, 0.2) is 11.5 Å². The third-order valence-corrected chi connectivity index (χ3v) is 2.94. The Morgan fingerprint density at radius 1 is 1.22 bits per heavy atom. The Morgan fingerprint density at radius 3 is 2.44 bits per heavy atom. The number of methoxy groups -OCH3 is 2. The highest BCUT2D eigenvalue weighted by molar-refractivity contribution is 5.43. The van der Waals surface area contributed by atoms with Crippen LogP contribution in [0.2, 0.25) is 0 Å². The third-order valence-electron chi connectivity index (χ3n) is 2.94. The smallest absolute Gasteiger partial charge is 0.160 e. The molecule has 0 saturated carbocycles. The summed E-state index contributed by atoms with van der Waals surface area (Å²) in [6.45, 7) is 4.74. The summed E-state index contributed by atoms with van der Waals surface area (Å²) in [7, 11) is 3.25. The first kappa shape index (κ1) is 14.8. The lowest BCUT2D eigenvalue weighted by Gasteiger charge is -2.22. The molecule has 0 aromatic heterocycles. The topological polar surface area (TPSA) is 41.9 Å². The van der Waals surface area contributed by atoms with Crippen molar-refractivity contribution in [2.24, 2.45) is 0 Å². The van der Waals surface area contributed by atoms with E-state index in [-0.39, 0.29) is 6.04 Å². The Bertz CT molecular complexity index is 368. The molecule has 4 heteroatoms. The summed E-state index contributed by atoms with van der Waals surface area (Å²) in [6.07, 6.45) is 1.71. The quantitative estimate of drug-likeness (QED) is 0.759. The minimum Gasteiger partial charge on any atom is -0.493 e. The maximum Gasteiger partial charge on any atom is 0.160 e. The fourth-order valence-corrected chi connectivity index (χ4v) is 1.90. The van der Waals surface area contributed by atoms with Crippen molar-refractivity contribution in [3.8, 4) is 11.5 Å². The predicted molar refractivity (Wildman–Crippen MR) is 71.5 cm³/mol. The van der Waals surface area contributed by atoms with Crippen LogP contribution in [0.5, 0.6) is 11.5 Å². The van der Waals surface area contributed by atoms with Gasteiger partial charge in [0.1, 0.15) is 0 Å². The molecule has 0 aliphatic heterocycles. The first-order valence-corrected chi connectivity index (χ1v) is 6.28.